The highest BCUT2D eigenvalue weighted by Crippen LogP contribution is 2.31. The number of hydrogen-bond donors (Lipinski definition) is 1. The van der Waals surface area contributed by atoms with Gasteiger partial charge in [-0.25, -0.2) is 4.39 Å². The van der Waals surface area contributed by atoms with Gasteiger partial charge in [-0.05, 0) is 50.7 Å². The zero-order valence-corrected chi connectivity index (χ0v) is 11.3. The summed E-state index contributed by atoms with van der Waals surface area (Å²) in [4.78, 5) is 4.00. The number of ether oxygens (including phenoxy) is 1. The van der Waals surface area contributed by atoms with E-state index in [0.717, 1.165) is 5.56 Å². The number of aryl methyl sites for hydroxylation is 1. The first-order valence-electron chi connectivity index (χ1n) is 6.17. The van der Waals surface area contributed by atoms with Crippen molar-refractivity contribution in [3.8, 4) is 11.5 Å². The molecule has 0 amide bonds. The van der Waals surface area contributed by atoms with Crippen molar-refractivity contribution in [1.82, 2.24) is 10.3 Å². The second kappa shape index (κ2) is 5.80. The van der Waals surface area contributed by atoms with Crippen LogP contribution in [0.1, 0.15) is 24.1 Å². The molecule has 4 heteroatoms. The molecule has 100 valence electrons. The lowest BCUT2D eigenvalue weighted by Gasteiger charge is -2.17. The third kappa shape index (κ3) is 3.09. The largest absolute Gasteiger partial charge is 0.455 e. The second-order valence-corrected chi connectivity index (χ2v) is 4.44. The van der Waals surface area contributed by atoms with Gasteiger partial charge in [0.2, 0.25) is 0 Å². The Labute approximate surface area is 112 Å². The van der Waals surface area contributed by atoms with Gasteiger partial charge in [0.05, 0.1) is 6.20 Å². The van der Waals surface area contributed by atoms with Crippen LogP contribution in [-0.2, 0) is 0 Å². The van der Waals surface area contributed by atoms with E-state index in [1.807, 2.05) is 20.0 Å². The Morgan fingerprint density at radius 3 is 2.79 bits per heavy atom. The first-order chi connectivity index (χ1) is 9.11. The molecule has 0 saturated heterocycles. The number of rotatable bonds is 4. The first-order valence-corrected chi connectivity index (χ1v) is 6.17. The minimum absolute atomic E-state index is 0.00164. The van der Waals surface area contributed by atoms with Gasteiger partial charge in [0.1, 0.15) is 17.3 Å². The maximum atomic E-state index is 13.7. The maximum absolute atomic E-state index is 13.7. The minimum Gasteiger partial charge on any atom is -0.455 e. The van der Waals surface area contributed by atoms with Crippen LogP contribution in [-0.4, -0.2) is 12.0 Å². The number of benzene rings is 1. The van der Waals surface area contributed by atoms with Gasteiger partial charge in [0.15, 0.2) is 0 Å². The van der Waals surface area contributed by atoms with Crippen molar-refractivity contribution in [2.45, 2.75) is 19.9 Å². The summed E-state index contributed by atoms with van der Waals surface area (Å²) in [7, 11) is 1.83. The Balaban J connectivity index is 2.40. The molecule has 19 heavy (non-hydrogen) atoms. The van der Waals surface area contributed by atoms with Gasteiger partial charge in [0.25, 0.3) is 0 Å². The van der Waals surface area contributed by atoms with Crippen molar-refractivity contribution >= 4 is 0 Å². The molecule has 2 aromatic rings. The Bertz CT molecular complexity index is 558. The molecule has 0 aliphatic carbocycles. The molecule has 1 N–H and O–H groups in total. The predicted molar refractivity (Wildman–Crippen MR) is 72.9 cm³/mol. The van der Waals surface area contributed by atoms with E-state index in [2.05, 4.69) is 10.3 Å². The fourth-order valence-corrected chi connectivity index (χ4v) is 1.79. The summed E-state index contributed by atoms with van der Waals surface area (Å²) in [6, 6.07) is 6.85. The lowest BCUT2D eigenvalue weighted by atomic mass is 10.0. The van der Waals surface area contributed by atoms with Gasteiger partial charge in [-0.15, -0.1) is 0 Å². The lowest BCUT2D eigenvalue weighted by molar-refractivity contribution is 0.460. The molecule has 0 fully saturated rings. The van der Waals surface area contributed by atoms with Crippen molar-refractivity contribution in [2.75, 3.05) is 7.05 Å². The van der Waals surface area contributed by atoms with Gasteiger partial charge in [-0.1, -0.05) is 0 Å². The smallest absolute Gasteiger partial charge is 0.145 e. The van der Waals surface area contributed by atoms with Crippen LogP contribution in [0.15, 0.2) is 36.7 Å². The average Bonchev–Trinajstić information content (AvgIpc) is 2.43. The fraction of sp³-hybridized carbons (Fsp3) is 0.267. The second-order valence-electron chi connectivity index (χ2n) is 4.44. The van der Waals surface area contributed by atoms with Crippen LogP contribution in [0, 0.1) is 12.7 Å². The Morgan fingerprint density at radius 1 is 1.37 bits per heavy atom. The molecule has 2 rings (SSSR count). The van der Waals surface area contributed by atoms with Crippen molar-refractivity contribution < 1.29 is 9.13 Å². The maximum Gasteiger partial charge on any atom is 0.145 e. The molecule has 0 radical (unpaired) electrons. The van der Waals surface area contributed by atoms with E-state index in [-0.39, 0.29) is 11.9 Å². The standard InChI is InChI=1S/C15H17FN2O/c1-10-7-15(19-12-5-4-6-18-9-12)13(8-14(10)16)11(2)17-3/h4-9,11,17H,1-3H3. The molecule has 0 aliphatic rings. The van der Waals surface area contributed by atoms with Crippen molar-refractivity contribution in [3.05, 3.63) is 53.6 Å². The summed E-state index contributed by atoms with van der Waals surface area (Å²) >= 11 is 0. The van der Waals surface area contributed by atoms with E-state index in [1.54, 1.807) is 31.5 Å². The summed E-state index contributed by atoms with van der Waals surface area (Å²) in [6.45, 7) is 3.68. The number of nitrogens with one attached hydrogen (secondary N) is 1. The van der Waals surface area contributed by atoms with E-state index >= 15 is 0 Å². The van der Waals surface area contributed by atoms with Crippen LogP contribution in [0.2, 0.25) is 0 Å². The number of aromatic nitrogens is 1. The van der Waals surface area contributed by atoms with Crippen molar-refractivity contribution in [3.63, 3.8) is 0 Å². The minimum atomic E-state index is -0.226. The zero-order valence-electron chi connectivity index (χ0n) is 11.3. The average molecular weight is 260 g/mol. The highest BCUT2D eigenvalue weighted by molar-refractivity contribution is 5.42. The van der Waals surface area contributed by atoms with Gasteiger partial charge in [-0.3, -0.25) is 4.98 Å². The van der Waals surface area contributed by atoms with Crippen LogP contribution < -0.4 is 10.1 Å². The van der Waals surface area contributed by atoms with Crippen LogP contribution >= 0.6 is 0 Å². The van der Waals surface area contributed by atoms with Crippen LogP contribution in [0.25, 0.3) is 0 Å². The van der Waals surface area contributed by atoms with E-state index in [0.29, 0.717) is 17.1 Å². The number of hydrogen-bond acceptors (Lipinski definition) is 3. The Hall–Kier alpha value is -1.94. The topological polar surface area (TPSA) is 34.1 Å². The third-order valence-corrected chi connectivity index (χ3v) is 3.05. The van der Waals surface area contributed by atoms with Gasteiger partial charge < -0.3 is 10.1 Å². The molecule has 0 saturated carbocycles. The summed E-state index contributed by atoms with van der Waals surface area (Å²) < 4.78 is 19.5. The van der Waals surface area contributed by atoms with Crippen molar-refractivity contribution in [2.24, 2.45) is 0 Å². The quantitative estimate of drug-likeness (QED) is 0.912. The molecule has 1 heterocycles. The lowest BCUT2D eigenvalue weighted by Crippen LogP contribution is -2.13. The Morgan fingerprint density at radius 2 is 2.16 bits per heavy atom. The van der Waals surface area contributed by atoms with Crippen LogP contribution in [0.5, 0.6) is 11.5 Å². The highest BCUT2D eigenvalue weighted by atomic mass is 19.1. The first kappa shape index (κ1) is 13.5. The number of halogens is 1. The molecule has 0 bridgehead atoms. The zero-order chi connectivity index (χ0) is 13.8. The Kier molecular flexibility index (Phi) is 4.12. The summed E-state index contributed by atoms with van der Waals surface area (Å²) in [6.07, 6.45) is 3.31. The summed E-state index contributed by atoms with van der Waals surface area (Å²) in [5, 5.41) is 3.09. The van der Waals surface area contributed by atoms with Gasteiger partial charge in [0, 0.05) is 17.8 Å². The van der Waals surface area contributed by atoms with Crippen LogP contribution in [0.4, 0.5) is 4.39 Å². The molecule has 1 unspecified atom stereocenters. The normalized spacial score (nSPS) is 12.2. The van der Waals surface area contributed by atoms with Crippen LogP contribution in [0.3, 0.4) is 0 Å². The monoisotopic (exact) mass is 260 g/mol. The summed E-state index contributed by atoms with van der Waals surface area (Å²) in [5.41, 5.74) is 1.35. The number of pyridine rings is 1. The highest BCUT2D eigenvalue weighted by Gasteiger charge is 2.14. The predicted octanol–water partition coefficient (Wildman–Crippen LogP) is 3.60. The SMILES string of the molecule is CNC(C)c1cc(F)c(C)cc1Oc1cccnc1. The van der Waals surface area contributed by atoms with E-state index in [9.17, 15) is 4.39 Å². The van der Waals surface area contributed by atoms with E-state index in [1.165, 1.54) is 6.07 Å². The number of nitrogens with zero attached hydrogens (tertiary/aromatic N) is 1. The third-order valence-electron chi connectivity index (χ3n) is 3.05. The van der Waals surface area contributed by atoms with Gasteiger partial charge >= 0.3 is 0 Å². The molecule has 3 nitrogen and oxygen atoms in total. The molecule has 0 aliphatic heterocycles. The van der Waals surface area contributed by atoms with E-state index < -0.39 is 0 Å². The fourth-order valence-electron chi connectivity index (χ4n) is 1.79. The molecule has 1 aromatic carbocycles. The molecular weight excluding hydrogens is 243 g/mol. The molecule has 1 aromatic heterocycles. The molecule has 1 atom stereocenters. The molecular formula is C15H17FN2O. The van der Waals surface area contributed by atoms with Crippen molar-refractivity contribution in [1.29, 1.82) is 0 Å². The van der Waals surface area contributed by atoms with Gasteiger partial charge in [-0.2, -0.15) is 0 Å². The van der Waals surface area contributed by atoms with E-state index in [4.69, 9.17) is 4.74 Å². The summed E-state index contributed by atoms with van der Waals surface area (Å²) in [5.74, 6) is 1.06. The molecule has 0 spiro atoms.